The van der Waals surface area contributed by atoms with Crippen LogP contribution in [0.15, 0.2) is 0 Å². The van der Waals surface area contributed by atoms with Gasteiger partial charge < -0.3 is 10.4 Å². The number of aliphatic hydroxyl groups is 1. The van der Waals surface area contributed by atoms with Gasteiger partial charge in [0, 0.05) is 31.7 Å². The van der Waals surface area contributed by atoms with Gasteiger partial charge in [-0.25, -0.2) is 22.0 Å². The lowest BCUT2D eigenvalue weighted by Crippen LogP contribution is -2.46. The Labute approximate surface area is 124 Å². The molecule has 3 nitrogen and oxygen atoms in total. The van der Waals surface area contributed by atoms with Crippen LogP contribution in [0.5, 0.6) is 0 Å². The van der Waals surface area contributed by atoms with Crippen LogP contribution >= 0.6 is 12.4 Å². The maximum atomic E-state index is 13.7. The Bertz CT molecular complexity index is 482. The summed E-state index contributed by atoms with van der Waals surface area (Å²) in [6, 6.07) is -1.26. The molecule has 1 fully saturated rings. The first-order valence-electron chi connectivity index (χ1n) is 6.06. The molecule has 1 aliphatic heterocycles. The molecular weight excluding hydrogens is 319 g/mol. The highest BCUT2D eigenvalue weighted by molar-refractivity contribution is 5.85. The minimum Gasteiger partial charge on any atom is -0.394 e. The number of benzene rings is 1. The predicted octanol–water partition coefficient (Wildman–Crippen LogP) is 1.74. The van der Waals surface area contributed by atoms with Gasteiger partial charge in [0.1, 0.15) is 0 Å². The molecule has 1 aliphatic rings. The van der Waals surface area contributed by atoms with Crippen molar-refractivity contribution >= 4 is 12.4 Å². The third-order valence-electron chi connectivity index (χ3n) is 3.34. The van der Waals surface area contributed by atoms with Crippen molar-refractivity contribution in [3.8, 4) is 0 Å². The smallest absolute Gasteiger partial charge is 0.200 e. The van der Waals surface area contributed by atoms with Gasteiger partial charge in [-0.05, 0) is 0 Å². The highest BCUT2D eigenvalue weighted by Crippen LogP contribution is 2.30. The second-order valence-corrected chi connectivity index (χ2v) is 4.47. The van der Waals surface area contributed by atoms with Crippen molar-refractivity contribution in [3.05, 3.63) is 34.6 Å². The molecule has 120 valence electrons. The maximum absolute atomic E-state index is 13.7. The highest BCUT2D eigenvalue weighted by Gasteiger charge is 2.33. The molecule has 21 heavy (non-hydrogen) atoms. The molecule has 0 spiro atoms. The fourth-order valence-corrected chi connectivity index (χ4v) is 2.30. The second kappa shape index (κ2) is 7.35. The third kappa shape index (κ3) is 3.28. The first-order chi connectivity index (χ1) is 9.49. The minimum atomic E-state index is -2.19. The topological polar surface area (TPSA) is 35.5 Å². The molecule has 1 saturated heterocycles. The average Bonchev–Trinajstić information content (AvgIpc) is 2.48. The van der Waals surface area contributed by atoms with Crippen LogP contribution in [0.2, 0.25) is 0 Å². The standard InChI is InChI=1S/C12H13F5N2O.ClH/c13-8-7(9(14)11(16)12(17)10(8)15)6(5-20)19-3-1-18-2-4-19;/h6,18,20H,1-5H2;1H/t6-;/m0./s1. The summed E-state index contributed by atoms with van der Waals surface area (Å²) in [5.41, 5.74) is -0.981. The monoisotopic (exact) mass is 332 g/mol. The van der Waals surface area contributed by atoms with E-state index >= 15 is 0 Å². The molecule has 2 rings (SSSR count). The number of nitrogens with one attached hydrogen (secondary N) is 1. The van der Waals surface area contributed by atoms with Crippen LogP contribution in [-0.4, -0.2) is 42.8 Å². The van der Waals surface area contributed by atoms with Crippen LogP contribution in [-0.2, 0) is 0 Å². The highest BCUT2D eigenvalue weighted by atomic mass is 35.5. The Morgan fingerprint density at radius 3 is 1.76 bits per heavy atom. The second-order valence-electron chi connectivity index (χ2n) is 4.47. The fourth-order valence-electron chi connectivity index (χ4n) is 2.30. The van der Waals surface area contributed by atoms with Gasteiger partial charge in [0.15, 0.2) is 23.3 Å². The van der Waals surface area contributed by atoms with E-state index in [9.17, 15) is 27.1 Å². The lowest BCUT2D eigenvalue weighted by atomic mass is 10.0. The molecule has 0 amide bonds. The van der Waals surface area contributed by atoms with Gasteiger partial charge in [-0.1, -0.05) is 0 Å². The maximum Gasteiger partial charge on any atom is 0.200 e. The lowest BCUT2D eigenvalue weighted by molar-refractivity contribution is 0.104. The number of halogens is 6. The van der Waals surface area contributed by atoms with Gasteiger partial charge in [0.05, 0.1) is 12.6 Å². The molecule has 0 saturated carbocycles. The molecule has 1 heterocycles. The first kappa shape index (κ1) is 18.1. The summed E-state index contributed by atoms with van der Waals surface area (Å²) < 4.78 is 66.8. The predicted molar refractivity (Wildman–Crippen MR) is 67.7 cm³/mol. The van der Waals surface area contributed by atoms with Crippen molar-refractivity contribution in [3.63, 3.8) is 0 Å². The quantitative estimate of drug-likeness (QED) is 0.503. The molecule has 0 bridgehead atoms. The minimum absolute atomic E-state index is 0. The zero-order chi connectivity index (χ0) is 14.9. The van der Waals surface area contributed by atoms with E-state index in [1.807, 2.05) is 0 Å². The SMILES string of the molecule is Cl.OC[C@@H](c1c(F)c(F)c(F)c(F)c1F)N1CCNCC1. The molecule has 9 heteroatoms. The third-order valence-corrected chi connectivity index (χ3v) is 3.34. The van der Waals surface area contributed by atoms with Gasteiger partial charge >= 0.3 is 0 Å². The summed E-state index contributed by atoms with van der Waals surface area (Å²) in [6.07, 6.45) is 0. The van der Waals surface area contributed by atoms with E-state index in [0.29, 0.717) is 26.2 Å². The fraction of sp³-hybridized carbons (Fsp3) is 0.500. The van der Waals surface area contributed by atoms with Crippen molar-refractivity contribution in [2.45, 2.75) is 6.04 Å². The van der Waals surface area contributed by atoms with Crippen LogP contribution < -0.4 is 5.32 Å². The Kier molecular flexibility index (Phi) is 6.33. The Morgan fingerprint density at radius 2 is 1.33 bits per heavy atom. The van der Waals surface area contributed by atoms with E-state index in [1.54, 1.807) is 0 Å². The normalized spacial score (nSPS) is 17.4. The number of hydrogen-bond donors (Lipinski definition) is 2. The molecule has 0 aliphatic carbocycles. The number of aliphatic hydroxyl groups excluding tert-OH is 1. The summed E-state index contributed by atoms with van der Waals surface area (Å²) in [5, 5.41) is 12.3. The Balaban J connectivity index is 0.00000220. The van der Waals surface area contributed by atoms with Gasteiger partial charge in [-0.2, -0.15) is 0 Å². The summed E-state index contributed by atoms with van der Waals surface area (Å²) in [4.78, 5) is 1.48. The summed E-state index contributed by atoms with van der Waals surface area (Å²) in [5.74, 6) is -9.96. The molecule has 0 radical (unpaired) electrons. The van der Waals surface area contributed by atoms with E-state index in [1.165, 1.54) is 4.90 Å². The van der Waals surface area contributed by atoms with Gasteiger partial charge in [-0.15, -0.1) is 12.4 Å². The summed E-state index contributed by atoms with van der Waals surface area (Å²) in [7, 11) is 0. The molecular formula is C12H14ClF5N2O. The number of rotatable bonds is 3. The van der Waals surface area contributed by atoms with Gasteiger partial charge in [0.2, 0.25) is 5.82 Å². The van der Waals surface area contributed by atoms with E-state index in [2.05, 4.69) is 5.32 Å². The van der Waals surface area contributed by atoms with Crippen LogP contribution in [0.4, 0.5) is 22.0 Å². The number of piperazine rings is 1. The van der Waals surface area contributed by atoms with Crippen molar-refractivity contribution in [2.24, 2.45) is 0 Å². The molecule has 0 unspecified atom stereocenters. The van der Waals surface area contributed by atoms with Gasteiger partial charge in [-0.3, -0.25) is 4.90 Å². The van der Waals surface area contributed by atoms with Crippen molar-refractivity contribution < 1.29 is 27.1 Å². The van der Waals surface area contributed by atoms with Crippen LogP contribution in [0.25, 0.3) is 0 Å². The molecule has 0 aromatic heterocycles. The largest absolute Gasteiger partial charge is 0.394 e. The van der Waals surface area contributed by atoms with E-state index in [-0.39, 0.29) is 12.4 Å². The average molecular weight is 333 g/mol. The Morgan fingerprint density at radius 1 is 0.905 bits per heavy atom. The zero-order valence-electron chi connectivity index (χ0n) is 10.8. The Hall–Kier alpha value is -0.960. The van der Waals surface area contributed by atoms with Crippen molar-refractivity contribution in [1.82, 2.24) is 10.2 Å². The molecule has 2 N–H and O–H groups in total. The van der Waals surface area contributed by atoms with Crippen LogP contribution in [0.1, 0.15) is 11.6 Å². The van der Waals surface area contributed by atoms with Crippen LogP contribution in [0.3, 0.4) is 0 Å². The molecule has 1 aromatic rings. The zero-order valence-corrected chi connectivity index (χ0v) is 11.6. The van der Waals surface area contributed by atoms with Gasteiger partial charge in [0.25, 0.3) is 0 Å². The first-order valence-corrected chi connectivity index (χ1v) is 6.06. The van der Waals surface area contributed by atoms with Crippen molar-refractivity contribution in [2.75, 3.05) is 32.8 Å². The summed E-state index contributed by atoms with van der Waals surface area (Å²) in [6.45, 7) is 0.950. The number of hydrogen-bond acceptors (Lipinski definition) is 3. The number of nitrogens with zero attached hydrogens (tertiary/aromatic N) is 1. The van der Waals surface area contributed by atoms with E-state index in [0.717, 1.165) is 0 Å². The molecule has 1 aromatic carbocycles. The van der Waals surface area contributed by atoms with Crippen molar-refractivity contribution in [1.29, 1.82) is 0 Å². The molecule has 1 atom stereocenters. The van der Waals surface area contributed by atoms with E-state index < -0.39 is 47.3 Å². The van der Waals surface area contributed by atoms with Crippen LogP contribution in [0, 0.1) is 29.1 Å². The van der Waals surface area contributed by atoms with E-state index in [4.69, 9.17) is 0 Å². The summed E-state index contributed by atoms with van der Waals surface area (Å²) >= 11 is 0. The lowest BCUT2D eigenvalue weighted by Gasteiger charge is -2.34.